The van der Waals surface area contributed by atoms with Gasteiger partial charge in [0.05, 0.1) is 11.9 Å². The average molecular weight is 377 g/mol. The molecule has 0 atom stereocenters. The summed E-state index contributed by atoms with van der Waals surface area (Å²) < 4.78 is 1.75. The molecule has 0 radical (unpaired) electrons. The van der Waals surface area contributed by atoms with Crippen LogP contribution in [0.3, 0.4) is 0 Å². The van der Waals surface area contributed by atoms with Gasteiger partial charge in [0.1, 0.15) is 0 Å². The van der Waals surface area contributed by atoms with Gasteiger partial charge in [-0.3, -0.25) is 9.48 Å². The minimum atomic E-state index is -0.0953. The fourth-order valence-corrected chi connectivity index (χ4v) is 3.31. The van der Waals surface area contributed by atoms with Gasteiger partial charge < -0.3 is 10.2 Å². The molecule has 0 aliphatic carbocycles. The van der Waals surface area contributed by atoms with Gasteiger partial charge in [0.2, 0.25) is 0 Å². The Balaban J connectivity index is 1.36. The summed E-state index contributed by atoms with van der Waals surface area (Å²) in [6, 6.07) is 11.5. The fourth-order valence-electron chi connectivity index (χ4n) is 3.31. The molecule has 8 heteroatoms. The van der Waals surface area contributed by atoms with Crippen molar-refractivity contribution in [2.45, 2.75) is 25.8 Å². The van der Waals surface area contributed by atoms with E-state index >= 15 is 0 Å². The molecule has 1 fully saturated rings. The number of nitrogens with zero attached hydrogens (tertiary/aromatic N) is 6. The Bertz CT molecular complexity index is 903. The van der Waals surface area contributed by atoms with Crippen molar-refractivity contribution >= 4 is 11.7 Å². The molecule has 1 saturated heterocycles. The highest BCUT2D eigenvalue weighted by Gasteiger charge is 2.14. The molecule has 1 N–H and O–H groups in total. The maximum Gasteiger partial charge on any atom is 0.251 e. The fraction of sp³-hybridized carbons (Fsp3) is 0.350. The van der Waals surface area contributed by atoms with Crippen molar-refractivity contribution in [3.63, 3.8) is 0 Å². The number of aryl methyl sites for hydroxylation is 1. The number of benzene rings is 1. The van der Waals surface area contributed by atoms with Crippen LogP contribution in [0, 0.1) is 0 Å². The van der Waals surface area contributed by atoms with E-state index in [4.69, 9.17) is 0 Å². The molecule has 0 spiro atoms. The number of carbonyl (C=O) groups is 1. The maximum atomic E-state index is 12.4. The molecule has 0 unspecified atom stereocenters. The zero-order chi connectivity index (χ0) is 19.2. The van der Waals surface area contributed by atoms with Crippen molar-refractivity contribution in [3.8, 4) is 11.3 Å². The Morgan fingerprint density at radius 1 is 1.11 bits per heavy atom. The molecular formula is C20H23N7O. The first-order chi connectivity index (χ1) is 13.8. The summed E-state index contributed by atoms with van der Waals surface area (Å²) in [5, 5.41) is 19.3. The van der Waals surface area contributed by atoms with Gasteiger partial charge in [-0.15, -0.1) is 15.3 Å². The van der Waals surface area contributed by atoms with Crippen molar-refractivity contribution in [1.82, 2.24) is 30.5 Å². The second-order valence-electron chi connectivity index (χ2n) is 6.83. The zero-order valence-corrected chi connectivity index (χ0v) is 15.7. The summed E-state index contributed by atoms with van der Waals surface area (Å²) in [4.78, 5) is 14.7. The van der Waals surface area contributed by atoms with Gasteiger partial charge in [0, 0.05) is 43.5 Å². The highest BCUT2D eigenvalue weighted by molar-refractivity contribution is 5.95. The lowest BCUT2D eigenvalue weighted by Crippen LogP contribution is -2.25. The number of aromatic nitrogens is 5. The lowest BCUT2D eigenvalue weighted by Gasteiger charge is -2.15. The predicted octanol–water partition coefficient (Wildman–Crippen LogP) is 2.16. The molecule has 4 rings (SSSR count). The Hall–Kier alpha value is -3.29. The number of carbonyl (C=O) groups excluding carboxylic acids is 1. The largest absolute Gasteiger partial charge is 0.355 e. The van der Waals surface area contributed by atoms with Crippen molar-refractivity contribution in [3.05, 3.63) is 54.4 Å². The van der Waals surface area contributed by atoms with Crippen LogP contribution in [0.2, 0.25) is 0 Å². The summed E-state index contributed by atoms with van der Waals surface area (Å²) in [5.74, 6) is 0.824. The lowest BCUT2D eigenvalue weighted by atomic mass is 10.1. The summed E-state index contributed by atoms with van der Waals surface area (Å²) in [6.45, 7) is 3.38. The molecule has 8 nitrogen and oxygen atoms in total. The monoisotopic (exact) mass is 377 g/mol. The van der Waals surface area contributed by atoms with Gasteiger partial charge in [-0.05, 0) is 43.5 Å². The van der Waals surface area contributed by atoms with E-state index in [1.165, 1.54) is 12.8 Å². The smallest absolute Gasteiger partial charge is 0.251 e. The lowest BCUT2D eigenvalue weighted by molar-refractivity contribution is 0.0952. The molecule has 0 saturated carbocycles. The van der Waals surface area contributed by atoms with Crippen LogP contribution in [-0.4, -0.2) is 50.7 Å². The third-order valence-electron chi connectivity index (χ3n) is 4.82. The molecule has 1 aliphatic rings. The predicted molar refractivity (Wildman–Crippen MR) is 106 cm³/mol. The second kappa shape index (κ2) is 8.60. The first-order valence-corrected chi connectivity index (χ1v) is 9.61. The molecule has 3 heterocycles. The third kappa shape index (κ3) is 4.33. The topological polar surface area (TPSA) is 88.8 Å². The minimum Gasteiger partial charge on any atom is -0.355 e. The van der Waals surface area contributed by atoms with Crippen molar-refractivity contribution in [2.24, 2.45) is 0 Å². The van der Waals surface area contributed by atoms with E-state index in [0.29, 0.717) is 12.1 Å². The van der Waals surface area contributed by atoms with E-state index in [1.54, 1.807) is 17.1 Å². The average Bonchev–Trinajstić information content (AvgIpc) is 3.45. The molecule has 1 aromatic carbocycles. The molecule has 144 valence electrons. The van der Waals surface area contributed by atoms with Crippen LogP contribution < -0.4 is 10.2 Å². The number of hydrogen-bond acceptors (Lipinski definition) is 6. The van der Waals surface area contributed by atoms with E-state index in [-0.39, 0.29) is 5.91 Å². The van der Waals surface area contributed by atoms with Crippen LogP contribution in [-0.2, 0) is 6.54 Å². The number of anilines is 1. The van der Waals surface area contributed by atoms with E-state index in [0.717, 1.165) is 43.1 Å². The Kier molecular flexibility index (Phi) is 5.56. The van der Waals surface area contributed by atoms with Crippen LogP contribution >= 0.6 is 0 Å². The van der Waals surface area contributed by atoms with Crippen LogP contribution in [0.25, 0.3) is 11.3 Å². The number of nitrogens with one attached hydrogen (secondary N) is 1. The van der Waals surface area contributed by atoms with Gasteiger partial charge in [0.15, 0.2) is 5.82 Å². The van der Waals surface area contributed by atoms with Crippen LogP contribution in [0.4, 0.5) is 5.82 Å². The number of rotatable bonds is 7. The van der Waals surface area contributed by atoms with Crippen molar-refractivity contribution in [2.75, 3.05) is 24.5 Å². The maximum absolute atomic E-state index is 12.4. The van der Waals surface area contributed by atoms with E-state index in [2.05, 4.69) is 30.7 Å². The zero-order valence-electron chi connectivity index (χ0n) is 15.7. The number of hydrogen-bond donors (Lipinski definition) is 1. The van der Waals surface area contributed by atoms with Crippen molar-refractivity contribution in [1.29, 1.82) is 0 Å². The normalized spacial score (nSPS) is 13.6. The van der Waals surface area contributed by atoms with Crippen molar-refractivity contribution < 1.29 is 4.79 Å². The Morgan fingerprint density at radius 3 is 2.75 bits per heavy atom. The Labute approximate surface area is 163 Å². The summed E-state index contributed by atoms with van der Waals surface area (Å²) >= 11 is 0. The van der Waals surface area contributed by atoms with Crippen LogP contribution in [0.5, 0.6) is 0 Å². The quantitative estimate of drug-likeness (QED) is 0.635. The molecule has 1 aliphatic heterocycles. The van der Waals surface area contributed by atoms with E-state index in [1.807, 2.05) is 36.4 Å². The minimum absolute atomic E-state index is 0.0953. The van der Waals surface area contributed by atoms with Gasteiger partial charge in [-0.2, -0.15) is 0 Å². The molecular weight excluding hydrogens is 354 g/mol. The van der Waals surface area contributed by atoms with Gasteiger partial charge in [-0.1, -0.05) is 17.3 Å². The highest BCUT2D eigenvalue weighted by Crippen LogP contribution is 2.21. The van der Waals surface area contributed by atoms with Gasteiger partial charge in [-0.25, -0.2) is 0 Å². The van der Waals surface area contributed by atoms with Crippen LogP contribution in [0.1, 0.15) is 29.6 Å². The standard InChI is InChI=1S/C20H23N7O/c28-20(21-9-4-13-27-14-10-22-25-27)17-6-3-5-16(15-17)18-7-8-19(24-23-18)26-11-1-2-12-26/h3,5-8,10,14-15H,1-2,4,9,11-13H2,(H,21,28). The van der Waals surface area contributed by atoms with Crippen LogP contribution in [0.15, 0.2) is 48.8 Å². The molecule has 0 bridgehead atoms. The van der Waals surface area contributed by atoms with E-state index < -0.39 is 0 Å². The SMILES string of the molecule is O=C(NCCCn1ccnn1)c1cccc(-c2ccc(N3CCCC3)nn2)c1. The molecule has 2 aromatic heterocycles. The molecule has 1 amide bonds. The summed E-state index contributed by atoms with van der Waals surface area (Å²) in [6.07, 6.45) is 6.66. The number of amides is 1. The van der Waals surface area contributed by atoms with Gasteiger partial charge >= 0.3 is 0 Å². The Morgan fingerprint density at radius 2 is 2.00 bits per heavy atom. The third-order valence-corrected chi connectivity index (χ3v) is 4.82. The van der Waals surface area contributed by atoms with E-state index in [9.17, 15) is 4.79 Å². The molecule has 28 heavy (non-hydrogen) atoms. The highest BCUT2D eigenvalue weighted by atomic mass is 16.1. The first-order valence-electron chi connectivity index (χ1n) is 9.61. The summed E-state index contributed by atoms with van der Waals surface area (Å²) in [7, 11) is 0. The molecule has 3 aromatic rings. The summed E-state index contributed by atoms with van der Waals surface area (Å²) in [5.41, 5.74) is 2.27. The van der Waals surface area contributed by atoms with Gasteiger partial charge in [0.25, 0.3) is 5.91 Å². The second-order valence-corrected chi connectivity index (χ2v) is 6.83. The first kappa shape index (κ1) is 18.1.